The minimum Gasteiger partial charge on any atom is -0.486 e. The van der Waals surface area contributed by atoms with Gasteiger partial charge < -0.3 is 10.1 Å². The molecule has 0 saturated heterocycles. The van der Waals surface area contributed by atoms with E-state index in [9.17, 15) is 0 Å². The van der Waals surface area contributed by atoms with Crippen molar-refractivity contribution in [3.63, 3.8) is 0 Å². The quantitative estimate of drug-likeness (QED) is 0.782. The number of aromatic nitrogens is 1. The van der Waals surface area contributed by atoms with Gasteiger partial charge in [-0.3, -0.25) is 4.98 Å². The van der Waals surface area contributed by atoms with E-state index in [2.05, 4.69) is 33.2 Å². The highest BCUT2D eigenvalue weighted by Gasteiger charge is 2.38. The molecule has 2 rings (SSSR count). The highest BCUT2D eigenvalue weighted by Crippen LogP contribution is 2.39. The van der Waals surface area contributed by atoms with E-state index in [1.807, 2.05) is 6.07 Å². The summed E-state index contributed by atoms with van der Waals surface area (Å²) in [5, 5.41) is 3.45. The second kappa shape index (κ2) is 6.53. The Kier molecular flexibility index (Phi) is 5.01. The molecule has 0 unspecified atom stereocenters. The van der Waals surface area contributed by atoms with Crippen molar-refractivity contribution in [3.05, 3.63) is 22.9 Å². The van der Waals surface area contributed by atoms with Crippen LogP contribution >= 0.6 is 15.9 Å². The van der Waals surface area contributed by atoms with Crippen LogP contribution in [0.4, 0.5) is 0 Å². The number of pyridine rings is 1. The number of rotatable bonds is 7. The van der Waals surface area contributed by atoms with Crippen LogP contribution in [0.25, 0.3) is 0 Å². The monoisotopic (exact) mass is 312 g/mol. The molecule has 0 radical (unpaired) electrons. The van der Waals surface area contributed by atoms with Crippen LogP contribution in [-0.2, 0) is 0 Å². The second-order valence-corrected chi connectivity index (χ2v) is 5.89. The molecule has 0 atom stereocenters. The lowest BCUT2D eigenvalue weighted by molar-refractivity contribution is -0.0145. The van der Waals surface area contributed by atoms with Crippen molar-refractivity contribution < 1.29 is 4.74 Å². The first-order valence-corrected chi connectivity index (χ1v) is 7.54. The molecule has 1 aliphatic rings. The molecule has 0 amide bonds. The number of nitrogens with zero attached hydrogens (tertiary/aromatic N) is 1. The Balaban J connectivity index is 1.88. The van der Waals surface area contributed by atoms with Gasteiger partial charge >= 0.3 is 0 Å². The number of hydrogen-bond donors (Lipinski definition) is 1. The topological polar surface area (TPSA) is 34.1 Å². The lowest BCUT2D eigenvalue weighted by Crippen LogP contribution is -2.45. The largest absolute Gasteiger partial charge is 0.486 e. The van der Waals surface area contributed by atoms with Crippen molar-refractivity contribution in [2.24, 2.45) is 0 Å². The summed E-state index contributed by atoms with van der Waals surface area (Å²) < 4.78 is 7.14. The van der Waals surface area contributed by atoms with Gasteiger partial charge in [0.25, 0.3) is 0 Å². The number of hydrogen-bond acceptors (Lipinski definition) is 3. The van der Waals surface area contributed by atoms with Crippen LogP contribution in [0.1, 0.15) is 39.0 Å². The van der Waals surface area contributed by atoms with Gasteiger partial charge in [-0.15, -0.1) is 0 Å². The Morgan fingerprint density at radius 3 is 2.83 bits per heavy atom. The Bertz CT molecular complexity index is 380. The zero-order valence-electron chi connectivity index (χ0n) is 10.9. The predicted octanol–water partition coefficient (Wildman–Crippen LogP) is 3.54. The molecular weight excluding hydrogens is 292 g/mol. The van der Waals surface area contributed by atoms with E-state index >= 15 is 0 Å². The maximum atomic E-state index is 6.17. The third-order valence-electron chi connectivity index (χ3n) is 3.46. The van der Waals surface area contributed by atoms with Gasteiger partial charge in [0.15, 0.2) is 0 Å². The highest BCUT2D eigenvalue weighted by molar-refractivity contribution is 9.10. The molecule has 1 aromatic heterocycles. The van der Waals surface area contributed by atoms with Crippen LogP contribution in [0.15, 0.2) is 22.9 Å². The van der Waals surface area contributed by atoms with E-state index in [0.717, 1.165) is 42.6 Å². The average Bonchev–Trinajstić information content (AvgIpc) is 2.31. The Hall–Kier alpha value is -0.610. The van der Waals surface area contributed by atoms with Gasteiger partial charge in [-0.25, -0.2) is 0 Å². The minimum atomic E-state index is 0.0449. The summed E-state index contributed by atoms with van der Waals surface area (Å²) in [6.07, 6.45) is 9.44. The second-order valence-electron chi connectivity index (χ2n) is 4.98. The number of nitrogens with one attached hydrogen (secondary N) is 1. The van der Waals surface area contributed by atoms with Gasteiger partial charge in [-0.05, 0) is 67.2 Å². The SMILES string of the molecule is CCCNCCC1(Oc2cncc(Br)c2)CCC1. The zero-order chi connectivity index (χ0) is 12.8. The Morgan fingerprint density at radius 2 is 2.22 bits per heavy atom. The van der Waals surface area contributed by atoms with Crippen LogP contribution in [0, 0.1) is 0 Å². The van der Waals surface area contributed by atoms with E-state index in [1.165, 1.54) is 12.8 Å². The van der Waals surface area contributed by atoms with Gasteiger partial charge in [0.1, 0.15) is 11.4 Å². The van der Waals surface area contributed by atoms with Gasteiger partial charge in [0, 0.05) is 10.7 Å². The van der Waals surface area contributed by atoms with E-state index in [0.29, 0.717) is 0 Å². The molecule has 100 valence electrons. The highest BCUT2D eigenvalue weighted by atomic mass is 79.9. The van der Waals surface area contributed by atoms with E-state index < -0.39 is 0 Å². The predicted molar refractivity (Wildman–Crippen MR) is 76.9 cm³/mol. The fraction of sp³-hybridized carbons (Fsp3) is 0.643. The molecule has 18 heavy (non-hydrogen) atoms. The van der Waals surface area contributed by atoms with Crippen molar-refractivity contribution in [2.45, 2.75) is 44.6 Å². The lowest BCUT2D eigenvalue weighted by atomic mass is 9.77. The summed E-state index contributed by atoms with van der Waals surface area (Å²) in [6, 6.07) is 1.99. The van der Waals surface area contributed by atoms with Crippen molar-refractivity contribution in [1.29, 1.82) is 0 Å². The van der Waals surface area contributed by atoms with Crippen LogP contribution in [-0.4, -0.2) is 23.7 Å². The molecule has 1 saturated carbocycles. The maximum Gasteiger partial charge on any atom is 0.139 e. The van der Waals surface area contributed by atoms with Crippen LogP contribution in [0.5, 0.6) is 5.75 Å². The molecule has 1 N–H and O–H groups in total. The van der Waals surface area contributed by atoms with Gasteiger partial charge in [-0.1, -0.05) is 6.92 Å². The maximum absolute atomic E-state index is 6.17. The molecule has 1 heterocycles. The molecule has 4 heteroatoms. The zero-order valence-corrected chi connectivity index (χ0v) is 12.5. The smallest absolute Gasteiger partial charge is 0.139 e. The fourth-order valence-corrected chi connectivity index (χ4v) is 2.63. The van der Waals surface area contributed by atoms with Crippen LogP contribution < -0.4 is 10.1 Å². The molecule has 0 spiro atoms. The van der Waals surface area contributed by atoms with Gasteiger partial charge in [0.05, 0.1) is 6.20 Å². The van der Waals surface area contributed by atoms with E-state index in [1.54, 1.807) is 12.4 Å². The number of ether oxygens (including phenoxy) is 1. The molecule has 0 bridgehead atoms. The third-order valence-corrected chi connectivity index (χ3v) is 3.90. The summed E-state index contributed by atoms with van der Waals surface area (Å²) in [4.78, 5) is 4.15. The van der Waals surface area contributed by atoms with Crippen molar-refractivity contribution >= 4 is 15.9 Å². The van der Waals surface area contributed by atoms with E-state index in [-0.39, 0.29) is 5.60 Å². The summed E-state index contributed by atoms with van der Waals surface area (Å²) in [5.74, 6) is 0.875. The van der Waals surface area contributed by atoms with Crippen molar-refractivity contribution in [3.8, 4) is 5.75 Å². The summed E-state index contributed by atoms with van der Waals surface area (Å²) in [6.45, 7) is 4.32. The molecule has 3 nitrogen and oxygen atoms in total. The number of halogens is 1. The Labute approximate surface area is 117 Å². The normalized spacial score (nSPS) is 17.2. The lowest BCUT2D eigenvalue weighted by Gasteiger charge is -2.42. The third kappa shape index (κ3) is 3.69. The molecule has 1 aliphatic carbocycles. The molecular formula is C14H21BrN2O. The van der Waals surface area contributed by atoms with Crippen LogP contribution in [0.2, 0.25) is 0 Å². The van der Waals surface area contributed by atoms with Crippen molar-refractivity contribution in [1.82, 2.24) is 10.3 Å². The van der Waals surface area contributed by atoms with Gasteiger partial charge in [-0.2, -0.15) is 0 Å². The first-order valence-electron chi connectivity index (χ1n) is 6.74. The first kappa shape index (κ1) is 13.8. The molecule has 0 aliphatic heterocycles. The fourth-order valence-electron chi connectivity index (χ4n) is 2.29. The van der Waals surface area contributed by atoms with Crippen LogP contribution in [0.3, 0.4) is 0 Å². The van der Waals surface area contributed by atoms with Gasteiger partial charge in [0.2, 0.25) is 0 Å². The average molecular weight is 313 g/mol. The first-order chi connectivity index (χ1) is 8.74. The summed E-state index contributed by atoms with van der Waals surface area (Å²) in [5.41, 5.74) is 0.0449. The summed E-state index contributed by atoms with van der Waals surface area (Å²) in [7, 11) is 0. The van der Waals surface area contributed by atoms with Crippen molar-refractivity contribution in [2.75, 3.05) is 13.1 Å². The standard InChI is InChI=1S/C14H21BrN2O/c1-2-7-16-8-6-14(4-3-5-14)18-13-9-12(15)10-17-11-13/h9-11,16H,2-8H2,1H3. The Morgan fingerprint density at radius 1 is 1.39 bits per heavy atom. The van der Waals surface area contributed by atoms with E-state index in [4.69, 9.17) is 4.74 Å². The molecule has 0 aromatic carbocycles. The minimum absolute atomic E-state index is 0.0449. The molecule has 1 fully saturated rings. The molecule has 1 aromatic rings. The summed E-state index contributed by atoms with van der Waals surface area (Å²) >= 11 is 3.43.